The van der Waals surface area contributed by atoms with Crippen molar-refractivity contribution in [3.63, 3.8) is 0 Å². The lowest BCUT2D eigenvalue weighted by Crippen LogP contribution is -2.54. The number of nitrogens with one attached hydrogen (secondary N) is 1. The summed E-state index contributed by atoms with van der Waals surface area (Å²) in [4.78, 5) is 12.7. The zero-order chi connectivity index (χ0) is 13.1. The highest BCUT2D eigenvalue weighted by molar-refractivity contribution is 7.12. The Hall–Kier alpha value is -1.07. The van der Waals surface area contributed by atoms with E-state index >= 15 is 0 Å². The van der Waals surface area contributed by atoms with E-state index in [0.717, 1.165) is 0 Å². The number of thiophene rings is 1. The van der Waals surface area contributed by atoms with E-state index in [1.165, 1.54) is 11.3 Å². The van der Waals surface area contributed by atoms with Crippen LogP contribution >= 0.6 is 11.3 Å². The molecule has 0 bridgehead atoms. The minimum atomic E-state index is -0.397. The van der Waals surface area contributed by atoms with Gasteiger partial charge < -0.3 is 15.8 Å². The summed E-state index contributed by atoms with van der Waals surface area (Å²) in [7, 11) is 1.56. The molecule has 0 aliphatic heterocycles. The maximum absolute atomic E-state index is 12.1. The van der Waals surface area contributed by atoms with Gasteiger partial charge in [0.25, 0.3) is 5.91 Å². The van der Waals surface area contributed by atoms with Gasteiger partial charge in [0.15, 0.2) is 0 Å². The molecule has 96 valence electrons. The molecule has 0 aromatic carbocycles. The van der Waals surface area contributed by atoms with E-state index in [-0.39, 0.29) is 11.8 Å². The van der Waals surface area contributed by atoms with Crippen LogP contribution in [-0.4, -0.2) is 25.1 Å². The molecule has 0 radical (unpaired) electrons. The van der Waals surface area contributed by atoms with Crippen LogP contribution in [0.5, 0.6) is 5.75 Å². The lowest BCUT2D eigenvalue weighted by atomic mass is 9.88. The van der Waals surface area contributed by atoms with Crippen molar-refractivity contribution in [2.45, 2.75) is 26.3 Å². The van der Waals surface area contributed by atoms with E-state index in [1.54, 1.807) is 13.2 Å². The molecule has 1 rings (SSSR count). The van der Waals surface area contributed by atoms with Gasteiger partial charge >= 0.3 is 0 Å². The second-order valence-electron chi connectivity index (χ2n) is 4.55. The Morgan fingerprint density at radius 3 is 2.76 bits per heavy atom. The zero-order valence-electron chi connectivity index (χ0n) is 10.7. The molecule has 0 aliphatic carbocycles. The van der Waals surface area contributed by atoms with Crippen LogP contribution < -0.4 is 15.8 Å². The molecule has 0 saturated heterocycles. The maximum atomic E-state index is 12.1. The van der Waals surface area contributed by atoms with Crippen molar-refractivity contribution in [1.82, 2.24) is 5.32 Å². The van der Waals surface area contributed by atoms with Crippen LogP contribution in [0.1, 0.15) is 30.4 Å². The molecule has 3 N–H and O–H groups in total. The van der Waals surface area contributed by atoms with E-state index in [2.05, 4.69) is 5.32 Å². The first kappa shape index (κ1) is 14.0. The monoisotopic (exact) mass is 256 g/mol. The van der Waals surface area contributed by atoms with Crippen molar-refractivity contribution < 1.29 is 9.53 Å². The molecule has 0 saturated carbocycles. The average Bonchev–Trinajstić information content (AvgIpc) is 2.76. The van der Waals surface area contributed by atoms with Crippen LogP contribution in [0.4, 0.5) is 0 Å². The van der Waals surface area contributed by atoms with Crippen LogP contribution in [0.2, 0.25) is 0 Å². The molecule has 4 nitrogen and oxygen atoms in total. The molecule has 0 aliphatic rings. The Morgan fingerprint density at radius 2 is 2.29 bits per heavy atom. The van der Waals surface area contributed by atoms with Gasteiger partial charge in [-0.05, 0) is 24.3 Å². The third-order valence-corrected chi connectivity index (χ3v) is 4.05. The first-order valence-electron chi connectivity index (χ1n) is 5.58. The lowest BCUT2D eigenvalue weighted by Gasteiger charge is -2.33. The van der Waals surface area contributed by atoms with E-state index in [0.29, 0.717) is 17.2 Å². The maximum Gasteiger partial charge on any atom is 0.265 e. The second kappa shape index (κ2) is 5.51. The lowest BCUT2D eigenvalue weighted by molar-refractivity contribution is 0.0884. The number of ether oxygens (including phenoxy) is 1. The average molecular weight is 256 g/mol. The highest BCUT2D eigenvalue weighted by Gasteiger charge is 2.30. The summed E-state index contributed by atoms with van der Waals surface area (Å²) < 4.78 is 5.13. The Kier molecular flexibility index (Phi) is 4.54. The van der Waals surface area contributed by atoms with Gasteiger partial charge in [-0.15, -0.1) is 11.3 Å². The van der Waals surface area contributed by atoms with Crippen LogP contribution in [0.3, 0.4) is 0 Å². The van der Waals surface area contributed by atoms with Crippen molar-refractivity contribution in [2.24, 2.45) is 11.7 Å². The quantitative estimate of drug-likeness (QED) is 0.845. The summed E-state index contributed by atoms with van der Waals surface area (Å²) in [6, 6.07) is 1.79. The Labute approximate surface area is 106 Å². The molecule has 17 heavy (non-hydrogen) atoms. The van der Waals surface area contributed by atoms with Crippen molar-refractivity contribution in [2.75, 3.05) is 13.7 Å². The zero-order valence-corrected chi connectivity index (χ0v) is 11.6. The van der Waals surface area contributed by atoms with E-state index in [1.807, 2.05) is 26.2 Å². The normalized spacial score (nSPS) is 14.5. The van der Waals surface area contributed by atoms with Gasteiger partial charge in [-0.1, -0.05) is 13.8 Å². The van der Waals surface area contributed by atoms with E-state index in [9.17, 15) is 4.79 Å². The number of rotatable bonds is 5. The van der Waals surface area contributed by atoms with Gasteiger partial charge in [-0.2, -0.15) is 0 Å². The first-order valence-corrected chi connectivity index (χ1v) is 6.46. The van der Waals surface area contributed by atoms with Gasteiger partial charge in [0.1, 0.15) is 10.6 Å². The predicted molar refractivity (Wildman–Crippen MR) is 70.6 cm³/mol. The smallest absolute Gasteiger partial charge is 0.265 e. The van der Waals surface area contributed by atoms with E-state index in [4.69, 9.17) is 10.5 Å². The molecule has 1 aromatic heterocycles. The van der Waals surface area contributed by atoms with Gasteiger partial charge in [-0.3, -0.25) is 4.79 Å². The molecule has 1 amide bonds. The molecule has 5 heteroatoms. The summed E-state index contributed by atoms with van der Waals surface area (Å²) in [6.45, 7) is 6.44. The predicted octanol–water partition coefficient (Wildman–Crippen LogP) is 1.86. The third kappa shape index (κ3) is 2.98. The van der Waals surface area contributed by atoms with Gasteiger partial charge in [0, 0.05) is 6.54 Å². The summed E-state index contributed by atoms with van der Waals surface area (Å²) in [5, 5.41) is 4.82. The molecule has 0 fully saturated rings. The van der Waals surface area contributed by atoms with Gasteiger partial charge in [-0.25, -0.2) is 0 Å². The molecule has 1 unspecified atom stereocenters. The second-order valence-corrected chi connectivity index (χ2v) is 5.46. The van der Waals surface area contributed by atoms with Gasteiger partial charge in [0.05, 0.1) is 12.6 Å². The number of hydrogen-bond acceptors (Lipinski definition) is 4. The highest BCUT2D eigenvalue weighted by Crippen LogP contribution is 2.25. The number of carbonyl (C=O) groups is 1. The number of hydrogen-bond donors (Lipinski definition) is 2. The fourth-order valence-corrected chi connectivity index (χ4v) is 2.12. The molecule has 0 spiro atoms. The number of carbonyl (C=O) groups excluding carboxylic acids is 1. The summed E-state index contributed by atoms with van der Waals surface area (Å²) >= 11 is 1.37. The summed E-state index contributed by atoms with van der Waals surface area (Å²) in [5.41, 5.74) is 5.34. The van der Waals surface area contributed by atoms with Crippen molar-refractivity contribution in [3.8, 4) is 5.75 Å². The Morgan fingerprint density at radius 1 is 1.65 bits per heavy atom. The van der Waals surface area contributed by atoms with Crippen LogP contribution in [0.25, 0.3) is 0 Å². The van der Waals surface area contributed by atoms with Crippen molar-refractivity contribution in [1.29, 1.82) is 0 Å². The number of amides is 1. The van der Waals surface area contributed by atoms with Crippen molar-refractivity contribution in [3.05, 3.63) is 16.3 Å². The number of nitrogens with two attached hydrogens (primary N) is 1. The highest BCUT2D eigenvalue weighted by atomic mass is 32.1. The topological polar surface area (TPSA) is 64.3 Å². The summed E-state index contributed by atoms with van der Waals surface area (Å²) in [6.07, 6.45) is 0. The van der Waals surface area contributed by atoms with E-state index < -0.39 is 5.54 Å². The minimum absolute atomic E-state index is 0.126. The van der Waals surface area contributed by atoms with Crippen LogP contribution in [0.15, 0.2) is 11.4 Å². The van der Waals surface area contributed by atoms with Crippen molar-refractivity contribution >= 4 is 17.2 Å². The number of methoxy groups -OCH3 is 1. The fraction of sp³-hybridized carbons (Fsp3) is 0.583. The molecule has 1 heterocycles. The Bertz CT molecular complexity index is 390. The SMILES string of the molecule is COc1ccsc1C(=O)NC(C)(CN)C(C)C. The molecule has 1 aromatic rings. The molecule has 1 atom stereocenters. The molecular weight excluding hydrogens is 236 g/mol. The fourth-order valence-electron chi connectivity index (χ4n) is 1.37. The molecular formula is C12H20N2O2S. The third-order valence-electron chi connectivity index (χ3n) is 3.15. The van der Waals surface area contributed by atoms with Crippen LogP contribution in [0, 0.1) is 5.92 Å². The first-order chi connectivity index (χ1) is 7.94. The summed E-state index contributed by atoms with van der Waals surface area (Å²) in [5.74, 6) is 0.747. The van der Waals surface area contributed by atoms with Crippen LogP contribution in [-0.2, 0) is 0 Å². The standard InChI is InChI=1S/C12H20N2O2S/c1-8(2)12(3,7-13)14-11(15)10-9(16-4)5-6-17-10/h5-6,8H,7,13H2,1-4H3,(H,14,15). The minimum Gasteiger partial charge on any atom is -0.495 e. The largest absolute Gasteiger partial charge is 0.495 e. The van der Waals surface area contributed by atoms with Gasteiger partial charge in [0.2, 0.25) is 0 Å². The Balaban J connectivity index is 2.85.